The Bertz CT molecular complexity index is 619. The van der Waals surface area contributed by atoms with E-state index in [1.54, 1.807) is 36.0 Å². The summed E-state index contributed by atoms with van der Waals surface area (Å²) in [6.07, 6.45) is 5.11. The van der Waals surface area contributed by atoms with Crippen molar-refractivity contribution in [3.05, 3.63) is 34.2 Å². The lowest BCUT2D eigenvalue weighted by atomic mass is 9.95. The highest BCUT2D eigenvalue weighted by atomic mass is 32.2. The van der Waals surface area contributed by atoms with Crippen LogP contribution in [0.15, 0.2) is 23.1 Å². The molecule has 0 aliphatic carbocycles. The van der Waals surface area contributed by atoms with E-state index in [0.29, 0.717) is 23.6 Å². The summed E-state index contributed by atoms with van der Waals surface area (Å²) in [4.78, 5) is 26.3. The summed E-state index contributed by atoms with van der Waals surface area (Å²) in [5.41, 5.74) is 6.10. The minimum absolute atomic E-state index is 0.106. The summed E-state index contributed by atoms with van der Waals surface area (Å²) in [6.45, 7) is 1.21. The average molecular weight is 325 g/mol. The smallest absolute Gasteiger partial charge is 0.254 e. The molecule has 21 heavy (non-hydrogen) atoms. The van der Waals surface area contributed by atoms with Gasteiger partial charge in [0.05, 0.1) is 9.74 Å². The number of pyridine rings is 1. The van der Waals surface area contributed by atoms with Crippen molar-refractivity contribution in [2.24, 2.45) is 12.8 Å². The van der Waals surface area contributed by atoms with Crippen molar-refractivity contribution in [3.8, 4) is 0 Å². The van der Waals surface area contributed by atoms with Crippen molar-refractivity contribution < 1.29 is 4.79 Å². The number of aryl methyl sites for hydroxylation is 1. The van der Waals surface area contributed by atoms with Gasteiger partial charge in [-0.2, -0.15) is 11.8 Å². The van der Waals surface area contributed by atoms with Crippen LogP contribution in [0.5, 0.6) is 0 Å². The highest BCUT2D eigenvalue weighted by Gasteiger charge is 2.38. The third kappa shape index (κ3) is 3.13. The summed E-state index contributed by atoms with van der Waals surface area (Å²) >= 11 is 6.82. The highest BCUT2D eigenvalue weighted by Crippen LogP contribution is 2.35. The Labute approximate surface area is 133 Å². The quantitative estimate of drug-likeness (QED) is 0.840. The van der Waals surface area contributed by atoms with Gasteiger partial charge in [0, 0.05) is 38.0 Å². The van der Waals surface area contributed by atoms with Crippen LogP contribution in [0.2, 0.25) is 0 Å². The Morgan fingerprint density at radius 3 is 2.52 bits per heavy atom. The van der Waals surface area contributed by atoms with Gasteiger partial charge in [-0.25, -0.2) is 0 Å². The second-order valence-electron chi connectivity index (χ2n) is 5.22. The van der Waals surface area contributed by atoms with E-state index in [2.05, 4.69) is 0 Å². The van der Waals surface area contributed by atoms with E-state index >= 15 is 0 Å². The Kier molecular flexibility index (Phi) is 4.73. The number of carbonyl (C=O) groups is 1. The zero-order valence-electron chi connectivity index (χ0n) is 12.2. The molecule has 0 radical (unpaired) electrons. The minimum Gasteiger partial charge on any atom is -0.392 e. The number of aromatic nitrogens is 1. The summed E-state index contributed by atoms with van der Waals surface area (Å²) in [5.74, 6) is -0.106. The number of amides is 1. The maximum absolute atomic E-state index is 12.4. The first-order chi connectivity index (χ1) is 9.89. The SMILES string of the molecule is CSC1(C(N)=S)CCN(C(=O)c2ccn(C)c(=O)c2)CC1. The second-order valence-corrected chi connectivity index (χ2v) is 6.85. The summed E-state index contributed by atoms with van der Waals surface area (Å²) in [6, 6.07) is 3.06. The molecule has 0 atom stereocenters. The highest BCUT2D eigenvalue weighted by molar-refractivity contribution is 8.02. The standard InChI is InChI=1S/C14H19N3O2S2/c1-16-6-3-10(9-11(16)18)12(19)17-7-4-14(21-2,5-8-17)13(15)20/h3,6,9H,4-5,7-8H2,1-2H3,(H2,15,20). The molecule has 0 saturated carbocycles. The number of hydrogen-bond acceptors (Lipinski definition) is 4. The number of thioether (sulfide) groups is 1. The van der Waals surface area contributed by atoms with E-state index < -0.39 is 0 Å². The number of thiocarbonyl (C=S) groups is 1. The van der Waals surface area contributed by atoms with Crippen molar-refractivity contribution >= 4 is 34.9 Å². The molecule has 114 valence electrons. The van der Waals surface area contributed by atoms with Gasteiger partial charge in [-0.15, -0.1) is 0 Å². The predicted molar refractivity (Wildman–Crippen MR) is 89.9 cm³/mol. The molecule has 1 saturated heterocycles. The van der Waals surface area contributed by atoms with E-state index in [0.717, 1.165) is 12.8 Å². The molecular weight excluding hydrogens is 306 g/mol. The van der Waals surface area contributed by atoms with Crippen LogP contribution in [0.3, 0.4) is 0 Å². The van der Waals surface area contributed by atoms with Crippen molar-refractivity contribution in [2.45, 2.75) is 17.6 Å². The number of nitrogens with two attached hydrogens (primary N) is 1. The molecule has 0 bridgehead atoms. The van der Waals surface area contributed by atoms with Gasteiger partial charge in [0.1, 0.15) is 0 Å². The molecular formula is C14H19N3O2S2. The number of piperidine rings is 1. The number of carbonyl (C=O) groups excluding carboxylic acids is 1. The second kappa shape index (κ2) is 6.19. The first kappa shape index (κ1) is 16.0. The molecule has 1 aliphatic rings. The Morgan fingerprint density at radius 2 is 2.05 bits per heavy atom. The lowest BCUT2D eigenvalue weighted by molar-refractivity contribution is 0.0718. The van der Waals surface area contributed by atoms with Crippen LogP contribution in [0.4, 0.5) is 0 Å². The van der Waals surface area contributed by atoms with Crippen LogP contribution >= 0.6 is 24.0 Å². The number of rotatable bonds is 3. The fourth-order valence-electron chi connectivity index (χ4n) is 2.49. The fourth-order valence-corrected chi connectivity index (χ4v) is 3.73. The van der Waals surface area contributed by atoms with Crippen molar-refractivity contribution in [2.75, 3.05) is 19.3 Å². The van der Waals surface area contributed by atoms with Gasteiger partial charge in [0.15, 0.2) is 0 Å². The van der Waals surface area contributed by atoms with E-state index in [1.165, 1.54) is 10.6 Å². The molecule has 7 heteroatoms. The third-order valence-corrected chi connectivity index (χ3v) is 5.98. The molecule has 1 aromatic heterocycles. The summed E-state index contributed by atoms with van der Waals surface area (Å²) in [7, 11) is 1.66. The Morgan fingerprint density at radius 1 is 1.43 bits per heavy atom. The number of nitrogens with zero attached hydrogens (tertiary/aromatic N) is 2. The molecule has 2 rings (SSSR count). The molecule has 5 nitrogen and oxygen atoms in total. The lowest BCUT2D eigenvalue weighted by Gasteiger charge is -2.40. The summed E-state index contributed by atoms with van der Waals surface area (Å²) in [5, 5.41) is 0. The molecule has 1 fully saturated rings. The van der Waals surface area contributed by atoms with Gasteiger partial charge in [-0.3, -0.25) is 9.59 Å². The van der Waals surface area contributed by atoms with Gasteiger partial charge >= 0.3 is 0 Å². The Balaban J connectivity index is 2.11. The maximum atomic E-state index is 12.4. The van der Waals surface area contributed by atoms with Gasteiger partial charge in [0.2, 0.25) is 0 Å². The molecule has 1 amide bonds. The molecule has 2 N–H and O–H groups in total. The molecule has 0 spiro atoms. The molecule has 1 aromatic rings. The zero-order valence-corrected chi connectivity index (χ0v) is 13.8. The van der Waals surface area contributed by atoms with E-state index in [1.807, 2.05) is 6.26 Å². The molecule has 0 unspecified atom stereocenters. The third-order valence-electron chi connectivity index (χ3n) is 4.05. The summed E-state index contributed by atoms with van der Waals surface area (Å²) < 4.78 is 1.23. The average Bonchev–Trinajstić information content (AvgIpc) is 2.49. The number of likely N-dealkylation sites (tertiary alicyclic amines) is 1. The van der Waals surface area contributed by atoms with E-state index in [9.17, 15) is 9.59 Å². The van der Waals surface area contributed by atoms with Crippen molar-refractivity contribution in [1.29, 1.82) is 0 Å². The maximum Gasteiger partial charge on any atom is 0.254 e. The van der Waals surface area contributed by atoms with Gasteiger partial charge in [-0.1, -0.05) is 12.2 Å². The first-order valence-corrected chi connectivity index (χ1v) is 8.34. The van der Waals surface area contributed by atoms with E-state index in [4.69, 9.17) is 18.0 Å². The van der Waals surface area contributed by atoms with Gasteiger partial charge in [-0.05, 0) is 25.2 Å². The number of hydrogen-bond donors (Lipinski definition) is 1. The monoisotopic (exact) mass is 325 g/mol. The largest absolute Gasteiger partial charge is 0.392 e. The minimum atomic E-state index is -0.209. The van der Waals surface area contributed by atoms with Gasteiger partial charge < -0.3 is 15.2 Å². The van der Waals surface area contributed by atoms with E-state index in [-0.39, 0.29) is 16.2 Å². The van der Waals surface area contributed by atoms with Crippen molar-refractivity contribution in [1.82, 2.24) is 9.47 Å². The van der Waals surface area contributed by atoms with Gasteiger partial charge in [0.25, 0.3) is 11.5 Å². The predicted octanol–water partition coefficient (Wildman–Crippen LogP) is 1.01. The molecule has 1 aliphatic heterocycles. The Hall–Kier alpha value is -1.34. The van der Waals surface area contributed by atoms with Crippen LogP contribution < -0.4 is 11.3 Å². The lowest BCUT2D eigenvalue weighted by Crippen LogP contribution is -2.50. The zero-order chi connectivity index (χ0) is 15.6. The van der Waals surface area contributed by atoms with Crippen LogP contribution in [-0.4, -0.2) is 44.5 Å². The van der Waals surface area contributed by atoms with Crippen molar-refractivity contribution in [3.63, 3.8) is 0 Å². The topological polar surface area (TPSA) is 68.3 Å². The first-order valence-electron chi connectivity index (χ1n) is 6.70. The van der Waals surface area contributed by atoms with Crippen LogP contribution in [0.25, 0.3) is 0 Å². The van der Waals surface area contributed by atoms with Crippen LogP contribution in [0.1, 0.15) is 23.2 Å². The fraction of sp³-hybridized carbons (Fsp3) is 0.500. The molecule has 0 aromatic carbocycles. The molecule has 2 heterocycles. The normalized spacial score (nSPS) is 17.5. The van der Waals surface area contributed by atoms with Crippen LogP contribution in [-0.2, 0) is 7.05 Å². The van der Waals surface area contributed by atoms with Crippen LogP contribution in [0, 0.1) is 0 Å².